The lowest BCUT2D eigenvalue weighted by Gasteiger charge is -2.48. The van der Waals surface area contributed by atoms with Crippen molar-refractivity contribution in [2.24, 2.45) is 4.99 Å². The zero-order valence-electron chi connectivity index (χ0n) is 24.1. The second-order valence-corrected chi connectivity index (χ2v) is 11.9. The van der Waals surface area contributed by atoms with Gasteiger partial charge in [0.2, 0.25) is 5.91 Å². The van der Waals surface area contributed by atoms with E-state index in [0.717, 1.165) is 88.2 Å². The van der Waals surface area contributed by atoms with Crippen LogP contribution in [0.25, 0.3) is 0 Å². The van der Waals surface area contributed by atoms with Gasteiger partial charge in [0.15, 0.2) is 5.82 Å². The van der Waals surface area contributed by atoms with Crippen molar-refractivity contribution in [3.63, 3.8) is 0 Å². The average Bonchev–Trinajstić information content (AvgIpc) is 3.44. The van der Waals surface area contributed by atoms with Crippen molar-refractivity contribution < 1.29 is 18.8 Å². The molecule has 1 aromatic carbocycles. The topological polar surface area (TPSA) is 92.7 Å². The van der Waals surface area contributed by atoms with Gasteiger partial charge in [-0.05, 0) is 38.1 Å². The second-order valence-electron chi connectivity index (χ2n) is 11.9. The predicted octanol–water partition coefficient (Wildman–Crippen LogP) is 1.87. The summed E-state index contributed by atoms with van der Waals surface area (Å²) >= 11 is 0. The van der Waals surface area contributed by atoms with Crippen LogP contribution in [0.2, 0.25) is 0 Å². The molecule has 0 aromatic heterocycles. The van der Waals surface area contributed by atoms with Gasteiger partial charge in [-0.2, -0.15) is 4.99 Å². The summed E-state index contributed by atoms with van der Waals surface area (Å²) in [5.41, 5.74) is 5.43. The average molecular weight is 552 g/mol. The minimum atomic E-state index is -0.135. The number of guanidine groups is 1. The molecule has 0 bridgehead atoms. The van der Waals surface area contributed by atoms with Gasteiger partial charge in [-0.15, -0.1) is 0 Å². The van der Waals surface area contributed by atoms with E-state index < -0.39 is 0 Å². The highest BCUT2D eigenvalue weighted by Gasteiger charge is 2.49. The van der Waals surface area contributed by atoms with E-state index in [9.17, 15) is 9.59 Å². The highest BCUT2D eigenvalue weighted by Crippen LogP contribution is 2.38. The Morgan fingerprint density at radius 3 is 2.48 bits per heavy atom. The van der Waals surface area contributed by atoms with Gasteiger partial charge in [-0.1, -0.05) is 12.8 Å². The van der Waals surface area contributed by atoms with E-state index >= 15 is 0 Å². The predicted molar refractivity (Wildman–Crippen MR) is 153 cm³/mol. The quantitative estimate of drug-likeness (QED) is 0.540. The van der Waals surface area contributed by atoms with E-state index in [-0.39, 0.29) is 11.8 Å². The number of aliphatic imine (C=N–C) groups is 1. The van der Waals surface area contributed by atoms with Crippen molar-refractivity contribution >= 4 is 23.5 Å². The summed E-state index contributed by atoms with van der Waals surface area (Å²) in [6.07, 6.45) is 6.40. The minimum Gasteiger partial charge on any atom is -0.495 e. The minimum absolute atomic E-state index is 0.135. The monoisotopic (exact) mass is 551 g/mol. The Hall–Kier alpha value is -3.15. The maximum absolute atomic E-state index is 13.0. The van der Waals surface area contributed by atoms with Crippen molar-refractivity contribution in [3.8, 4) is 5.75 Å². The zero-order valence-corrected chi connectivity index (χ0v) is 24.1. The Bertz CT molecular complexity index is 1210. The Balaban J connectivity index is 1.28. The normalized spacial score (nSPS) is 24.0. The van der Waals surface area contributed by atoms with Gasteiger partial charge in [0.1, 0.15) is 18.0 Å². The molecule has 2 saturated heterocycles. The van der Waals surface area contributed by atoms with E-state index in [1.807, 2.05) is 29.1 Å². The number of hydrazine groups is 1. The van der Waals surface area contributed by atoms with Crippen molar-refractivity contribution in [2.75, 3.05) is 78.9 Å². The molecule has 1 aromatic rings. The number of likely N-dealkylation sites (N-methyl/N-ethyl adjacent to an activating group) is 2. The van der Waals surface area contributed by atoms with Crippen LogP contribution in [-0.4, -0.2) is 122 Å². The summed E-state index contributed by atoms with van der Waals surface area (Å²) in [6, 6.07) is 5.99. The maximum atomic E-state index is 13.0. The molecule has 4 aliphatic heterocycles. The fourth-order valence-corrected chi connectivity index (χ4v) is 6.64. The standard InChI is InChI=1S/C29H42N8O3/c1-33-13-15-35(16-14-33)32-28(39)21-9-10-23(25(19-21)40-3)30-29-31-27-24(20-37(29)17-6-18-37)34(2)26(38)11-12-36(27)22-7-4-5-8-22/h9-10,19,22H,4-8,11-18,20H2,1-3H3,(H-,30,31,32,39)/p+1. The molecule has 5 aliphatic rings. The van der Waals surface area contributed by atoms with E-state index in [1.54, 1.807) is 13.2 Å². The number of hydrogen-bond donors (Lipinski definition) is 2. The Morgan fingerprint density at radius 2 is 1.80 bits per heavy atom. The van der Waals surface area contributed by atoms with Crippen LogP contribution in [-0.2, 0) is 4.79 Å². The molecule has 2 N–H and O–H groups in total. The molecule has 216 valence electrons. The first-order chi connectivity index (χ1) is 19.4. The van der Waals surface area contributed by atoms with Crippen LogP contribution in [0.1, 0.15) is 48.9 Å². The number of piperazine rings is 1. The van der Waals surface area contributed by atoms with E-state index in [4.69, 9.17) is 9.73 Å². The van der Waals surface area contributed by atoms with Gasteiger partial charge >= 0.3 is 5.96 Å². The molecule has 11 nitrogen and oxygen atoms in total. The Morgan fingerprint density at radius 1 is 1.05 bits per heavy atom. The summed E-state index contributed by atoms with van der Waals surface area (Å²) in [6.45, 7) is 6.86. The third-order valence-electron chi connectivity index (χ3n) is 9.40. The van der Waals surface area contributed by atoms with Gasteiger partial charge in [-0.25, -0.2) is 5.01 Å². The first kappa shape index (κ1) is 27.0. The molecule has 4 heterocycles. The molecular weight excluding hydrogens is 508 g/mol. The largest absolute Gasteiger partial charge is 0.495 e. The molecule has 40 heavy (non-hydrogen) atoms. The molecule has 11 heteroatoms. The van der Waals surface area contributed by atoms with Crippen LogP contribution in [0.15, 0.2) is 34.7 Å². The van der Waals surface area contributed by atoms with E-state index in [0.29, 0.717) is 34.8 Å². The number of ether oxygens (including phenoxy) is 1. The highest BCUT2D eigenvalue weighted by atomic mass is 16.5. The number of rotatable bonds is 5. The molecule has 1 aliphatic carbocycles. The van der Waals surface area contributed by atoms with Crippen LogP contribution in [0.3, 0.4) is 0 Å². The van der Waals surface area contributed by atoms with Crippen LogP contribution >= 0.6 is 0 Å². The maximum Gasteiger partial charge on any atom is 0.309 e. The number of hydrogen-bond acceptors (Lipinski definition) is 8. The van der Waals surface area contributed by atoms with Crippen LogP contribution in [0, 0.1) is 0 Å². The molecule has 1 saturated carbocycles. The smallest absolute Gasteiger partial charge is 0.309 e. The third-order valence-corrected chi connectivity index (χ3v) is 9.40. The number of quaternary nitrogens is 1. The number of amides is 2. The number of anilines is 1. The number of methoxy groups -OCH3 is 1. The summed E-state index contributed by atoms with van der Waals surface area (Å²) in [5.74, 6) is 2.48. The van der Waals surface area contributed by atoms with E-state index in [2.05, 4.69) is 27.6 Å². The lowest BCUT2D eigenvalue weighted by atomic mass is 10.1. The van der Waals surface area contributed by atoms with E-state index in [1.165, 1.54) is 12.8 Å². The molecular formula is C29H43N8O3+. The van der Waals surface area contributed by atoms with Gasteiger partial charge in [0.25, 0.3) is 5.91 Å². The number of nitrogens with one attached hydrogen (secondary N) is 2. The van der Waals surface area contributed by atoms with Crippen molar-refractivity contribution in [1.82, 2.24) is 25.1 Å². The van der Waals surface area contributed by atoms with Crippen LogP contribution < -0.4 is 15.5 Å². The fraction of sp³-hybridized carbons (Fsp3) is 0.621. The van der Waals surface area contributed by atoms with Crippen molar-refractivity contribution in [1.29, 1.82) is 0 Å². The zero-order chi connectivity index (χ0) is 27.9. The third kappa shape index (κ3) is 5.06. The molecule has 1 spiro atoms. The lowest BCUT2D eigenvalue weighted by Crippen LogP contribution is -2.66. The van der Waals surface area contributed by atoms with Crippen molar-refractivity contribution in [2.45, 2.75) is 44.6 Å². The van der Waals surface area contributed by atoms with Crippen LogP contribution in [0.4, 0.5) is 5.69 Å². The number of carbonyl (C=O) groups is 2. The molecule has 0 radical (unpaired) electrons. The first-order valence-electron chi connectivity index (χ1n) is 14.8. The van der Waals surface area contributed by atoms with Gasteiger partial charge in [0, 0.05) is 64.2 Å². The highest BCUT2D eigenvalue weighted by molar-refractivity contribution is 5.97. The molecule has 6 rings (SSSR count). The van der Waals surface area contributed by atoms with Crippen molar-refractivity contribution in [3.05, 3.63) is 35.3 Å². The van der Waals surface area contributed by atoms with Gasteiger partial charge in [0.05, 0.1) is 25.9 Å². The van der Waals surface area contributed by atoms with Gasteiger partial charge < -0.3 is 19.4 Å². The first-order valence-corrected chi connectivity index (χ1v) is 14.8. The Kier molecular flexibility index (Phi) is 7.45. The number of carbonyl (C=O) groups excluding carboxylic acids is 2. The SMILES string of the molecule is COc1cc(C(=O)NN2CCN(C)CC2)ccc1NC1=NC2=C(C[N+]13CCC3)N(C)C(=O)CCN2C1CCCC1. The summed E-state index contributed by atoms with van der Waals surface area (Å²) in [4.78, 5) is 37.8. The Labute approximate surface area is 237 Å². The molecule has 0 unspecified atom stereocenters. The number of benzene rings is 1. The summed E-state index contributed by atoms with van der Waals surface area (Å²) in [5, 5.41) is 5.60. The lowest BCUT2D eigenvalue weighted by molar-refractivity contribution is -0.878. The summed E-state index contributed by atoms with van der Waals surface area (Å²) < 4.78 is 6.46. The number of nitrogens with zero attached hydrogens (tertiary/aromatic N) is 6. The molecule has 2 amide bonds. The van der Waals surface area contributed by atoms with Gasteiger partial charge in [-0.3, -0.25) is 24.8 Å². The van der Waals surface area contributed by atoms with Crippen LogP contribution in [0.5, 0.6) is 5.75 Å². The summed E-state index contributed by atoms with van der Waals surface area (Å²) in [7, 11) is 5.64. The molecule has 3 fully saturated rings. The second kappa shape index (κ2) is 11.0. The molecule has 0 atom stereocenters. The fourth-order valence-electron chi connectivity index (χ4n) is 6.64.